The molecule has 1 saturated carbocycles. The van der Waals surface area contributed by atoms with Crippen molar-refractivity contribution in [1.82, 2.24) is 0 Å². The van der Waals surface area contributed by atoms with Crippen molar-refractivity contribution < 1.29 is 17.9 Å². The van der Waals surface area contributed by atoms with Crippen molar-refractivity contribution in [1.29, 1.82) is 0 Å². The Morgan fingerprint density at radius 2 is 1.84 bits per heavy atom. The van der Waals surface area contributed by atoms with E-state index in [0.717, 1.165) is 30.4 Å². The van der Waals surface area contributed by atoms with E-state index in [1.54, 1.807) is 12.3 Å². The van der Waals surface area contributed by atoms with Crippen LogP contribution in [-0.2, 0) is 19.2 Å². The molecule has 1 heterocycles. The van der Waals surface area contributed by atoms with Gasteiger partial charge in [0.2, 0.25) is 0 Å². The average molecular weight is 345 g/mol. The van der Waals surface area contributed by atoms with Crippen LogP contribution in [0.25, 0.3) is 0 Å². The summed E-state index contributed by atoms with van der Waals surface area (Å²) in [6.07, 6.45) is 0.979. The lowest BCUT2D eigenvalue weighted by atomic mass is 9.71. The fraction of sp³-hybridized carbons (Fsp3) is 0.350. The summed E-state index contributed by atoms with van der Waals surface area (Å²) in [5, 5.41) is 0. The number of ether oxygens (including phenoxy) is 1. The van der Waals surface area contributed by atoms with Gasteiger partial charge >= 0.3 is 6.18 Å². The van der Waals surface area contributed by atoms with E-state index in [2.05, 4.69) is 4.99 Å². The van der Waals surface area contributed by atoms with Gasteiger partial charge in [-0.05, 0) is 54.5 Å². The summed E-state index contributed by atoms with van der Waals surface area (Å²) in [6, 6.07) is 11.9. The monoisotopic (exact) mass is 345 g/mol. The molecule has 1 fully saturated rings. The zero-order valence-electron chi connectivity index (χ0n) is 13.6. The first kappa shape index (κ1) is 16.2. The van der Waals surface area contributed by atoms with Crippen molar-refractivity contribution >= 4 is 6.21 Å². The third-order valence-corrected chi connectivity index (χ3v) is 5.07. The number of nitrogens with zero attached hydrogens (tertiary/aromatic N) is 1. The van der Waals surface area contributed by atoms with Crippen LogP contribution in [0.15, 0.2) is 47.5 Å². The lowest BCUT2D eigenvalue weighted by Gasteiger charge is -2.41. The van der Waals surface area contributed by atoms with Crippen molar-refractivity contribution in [3.05, 3.63) is 64.7 Å². The van der Waals surface area contributed by atoms with Crippen molar-refractivity contribution in [3.63, 3.8) is 0 Å². The van der Waals surface area contributed by atoms with Crippen molar-refractivity contribution in [2.24, 2.45) is 4.99 Å². The van der Waals surface area contributed by atoms with Crippen LogP contribution in [-0.4, -0.2) is 11.8 Å². The van der Waals surface area contributed by atoms with E-state index in [9.17, 15) is 13.2 Å². The number of halogens is 3. The quantitative estimate of drug-likeness (QED) is 0.751. The predicted octanol–water partition coefficient (Wildman–Crippen LogP) is 5.18. The molecule has 0 N–H and O–H groups in total. The van der Waals surface area contributed by atoms with E-state index < -0.39 is 11.7 Å². The molecule has 1 aliphatic carbocycles. The van der Waals surface area contributed by atoms with Gasteiger partial charge in [-0.2, -0.15) is 13.2 Å². The summed E-state index contributed by atoms with van der Waals surface area (Å²) in [7, 11) is 0. The van der Waals surface area contributed by atoms with Gasteiger partial charge in [-0.15, -0.1) is 0 Å². The van der Waals surface area contributed by atoms with E-state index in [1.165, 1.54) is 6.07 Å². The van der Waals surface area contributed by atoms with Crippen LogP contribution in [0.5, 0.6) is 5.75 Å². The van der Waals surface area contributed by atoms with Gasteiger partial charge < -0.3 is 4.74 Å². The number of hydrogen-bond acceptors (Lipinski definition) is 2. The molecule has 4 rings (SSSR count). The summed E-state index contributed by atoms with van der Waals surface area (Å²) < 4.78 is 45.9. The number of rotatable bonds is 3. The van der Waals surface area contributed by atoms with Gasteiger partial charge in [-0.25, -0.2) is 0 Å². The molecule has 25 heavy (non-hydrogen) atoms. The summed E-state index contributed by atoms with van der Waals surface area (Å²) in [5.74, 6) is -0.0973. The predicted molar refractivity (Wildman–Crippen MR) is 90.1 cm³/mol. The highest BCUT2D eigenvalue weighted by molar-refractivity contribution is 5.84. The first-order valence-electron chi connectivity index (χ1n) is 8.41. The van der Waals surface area contributed by atoms with E-state index >= 15 is 0 Å². The molecule has 2 aliphatic rings. The molecule has 0 unspecified atom stereocenters. The largest absolute Gasteiger partial charge is 0.488 e. The average Bonchev–Trinajstić information content (AvgIpc) is 2.57. The Morgan fingerprint density at radius 1 is 1.08 bits per heavy atom. The van der Waals surface area contributed by atoms with E-state index in [-0.39, 0.29) is 17.9 Å². The Kier molecular flexibility index (Phi) is 3.82. The summed E-state index contributed by atoms with van der Waals surface area (Å²) in [5.41, 5.74) is 1.45. The molecule has 0 aromatic heterocycles. The van der Waals surface area contributed by atoms with Crippen LogP contribution in [0, 0.1) is 0 Å². The zero-order valence-corrected chi connectivity index (χ0v) is 13.6. The zero-order chi connectivity index (χ0) is 17.5. The maximum absolute atomic E-state index is 13.4. The topological polar surface area (TPSA) is 21.6 Å². The molecule has 1 spiro atoms. The number of hydrogen-bond donors (Lipinski definition) is 0. The second-order valence-electron chi connectivity index (χ2n) is 6.83. The minimum Gasteiger partial charge on any atom is -0.488 e. The number of alkyl halides is 3. The lowest BCUT2D eigenvalue weighted by molar-refractivity contribution is -0.139. The van der Waals surface area contributed by atoms with Gasteiger partial charge in [-0.1, -0.05) is 30.3 Å². The Morgan fingerprint density at radius 3 is 2.48 bits per heavy atom. The molecule has 0 amide bonds. The van der Waals surface area contributed by atoms with Gasteiger partial charge in [0.15, 0.2) is 0 Å². The summed E-state index contributed by atoms with van der Waals surface area (Å²) in [6.45, 7) is 0.113. The Balaban J connectivity index is 1.67. The molecule has 0 atom stereocenters. The lowest BCUT2D eigenvalue weighted by Crippen LogP contribution is -2.39. The molecular weight excluding hydrogens is 327 g/mol. The SMILES string of the molecule is FC(F)(F)c1cc2c(cc1OCc1ccccc1)CC1(CCC1)N=C2. The third kappa shape index (κ3) is 3.15. The Bertz CT molecular complexity index is 808. The van der Waals surface area contributed by atoms with Crippen LogP contribution in [0.1, 0.15) is 41.5 Å². The fourth-order valence-corrected chi connectivity index (χ4v) is 3.49. The summed E-state index contributed by atoms with van der Waals surface area (Å²) >= 11 is 0. The number of benzene rings is 2. The molecule has 0 saturated heterocycles. The van der Waals surface area contributed by atoms with Crippen LogP contribution < -0.4 is 4.74 Å². The molecule has 130 valence electrons. The second-order valence-corrected chi connectivity index (χ2v) is 6.83. The molecule has 2 aromatic carbocycles. The minimum absolute atomic E-state index is 0.0938. The Labute approximate surface area is 144 Å². The van der Waals surface area contributed by atoms with Crippen LogP contribution >= 0.6 is 0 Å². The molecule has 1 aliphatic heterocycles. The second kappa shape index (κ2) is 5.90. The van der Waals surface area contributed by atoms with Crippen molar-refractivity contribution in [3.8, 4) is 5.75 Å². The number of aliphatic imine (C=N–C) groups is 1. The molecule has 5 heteroatoms. The highest BCUT2D eigenvalue weighted by atomic mass is 19.4. The first-order valence-corrected chi connectivity index (χ1v) is 8.41. The number of fused-ring (bicyclic) bond motifs is 1. The van der Waals surface area contributed by atoms with Gasteiger partial charge in [0.05, 0.1) is 11.1 Å². The molecule has 0 bridgehead atoms. The normalized spacial score (nSPS) is 17.9. The maximum Gasteiger partial charge on any atom is 0.419 e. The van der Waals surface area contributed by atoms with E-state index in [0.29, 0.717) is 12.0 Å². The first-order chi connectivity index (χ1) is 12.0. The summed E-state index contributed by atoms with van der Waals surface area (Å²) in [4.78, 5) is 4.52. The van der Waals surface area contributed by atoms with Crippen LogP contribution in [0.2, 0.25) is 0 Å². The van der Waals surface area contributed by atoms with Gasteiger partial charge in [0.25, 0.3) is 0 Å². The maximum atomic E-state index is 13.4. The van der Waals surface area contributed by atoms with Crippen molar-refractivity contribution in [2.45, 2.75) is 44.0 Å². The van der Waals surface area contributed by atoms with Crippen LogP contribution in [0.3, 0.4) is 0 Å². The fourth-order valence-electron chi connectivity index (χ4n) is 3.49. The van der Waals surface area contributed by atoms with Crippen molar-refractivity contribution in [2.75, 3.05) is 0 Å². The van der Waals surface area contributed by atoms with E-state index in [1.807, 2.05) is 30.3 Å². The third-order valence-electron chi connectivity index (χ3n) is 5.07. The van der Waals surface area contributed by atoms with Gasteiger partial charge in [-0.3, -0.25) is 4.99 Å². The highest BCUT2D eigenvalue weighted by Gasteiger charge is 2.40. The van der Waals surface area contributed by atoms with Gasteiger partial charge in [0.1, 0.15) is 12.4 Å². The molecular formula is C20H18F3NO. The molecule has 2 nitrogen and oxygen atoms in total. The Hall–Kier alpha value is -2.30. The van der Waals surface area contributed by atoms with Crippen LogP contribution in [0.4, 0.5) is 13.2 Å². The molecule has 0 radical (unpaired) electrons. The van der Waals surface area contributed by atoms with Gasteiger partial charge in [0, 0.05) is 6.21 Å². The minimum atomic E-state index is -4.46. The highest BCUT2D eigenvalue weighted by Crippen LogP contribution is 2.44. The molecule has 2 aromatic rings. The standard InChI is InChI=1S/C20H18F3NO/c21-20(22,23)17-9-16-12-24-19(7-4-8-19)11-15(16)10-18(17)25-13-14-5-2-1-3-6-14/h1-3,5-6,9-10,12H,4,7-8,11,13H2. The van der Waals surface area contributed by atoms with E-state index in [4.69, 9.17) is 4.74 Å². The smallest absolute Gasteiger partial charge is 0.419 e.